The predicted octanol–water partition coefficient (Wildman–Crippen LogP) is 1.61. The number of carboxylic acids is 1. The lowest BCUT2D eigenvalue weighted by Crippen LogP contribution is -2.48. The summed E-state index contributed by atoms with van der Waals surface area (Å²) < 4.78 is 0. The van der Waals surface area contributed by atoms with E-state index in [4.69, 9.17) is 5.11 Å². The molecule has 2 rings (SSSR count). The summed E-state index contributed by atoms with van der Waals surface area (Å²) in [6.45, 7) is 3.56. The van der Waals surface area contributed by atoms with E-state index in [1.165, 1.54) is 24.3 Å². The molecule has 130 valence electrons. The van der Waals surface area contributed by atoms with Crippen LogP contribution in [0.2, 0.25) is 0 Å². The summed E-state index contributed by atoms with van der Waals surface area (Å²) >= 11 is 0. The van der Waals surface area contributed by atoms with Crippen LogP contribution in [0.5, 0.6) is 0 Å². The number of carbonyl (C=O) groups is 2. The molecule has 0 atom stereocenters. The smallest absolute Gasteiger partial charge is 0.303 e. The van der Waals surface area contributed by atoms with Crippen LogP contribution in [-0.2, 0) is 4.79 Å². The van der Waals surface area contributed by atoms with Crippen molar-refractivity contribution in [1.29, 1.82) is 0 Å². The Kier molecular flexibility index (Phi) is 6.25. The van der Waals surface area contributed by atoms with Crippen molar-refractivity contribution in [2.24, 2.45) is 0 Å². The average molecular weight is 335 g/mol. The Bertz CT molecular complexity index is 594. The number of carbonyl (C=O) groups excluding carboxylic acids is 1. The zero-order chi connectivity index (χ0) is 17.5. The molecule has 1 saturated heterocycles. The third kappa shape index (κ3) is 5.02. The van der Waals surface area contributed by atoms with Crippen molar-refractivity contribution in [3.63, 3.8) is 0 Å². The van der Waals surface area contributed by atoms with E-state index in [0.717, 1.165) is 26.1 Å². The minimum absolute atomic E-state index is 0.0299. The topological polar surface area (TPSA) is 104 Å². The SMILES string of the molecule is O=C(O)CCCCN1CCN(C(=O)c2ccc([N+](=O)[O-])cc2)CC1. The fourth-order valence-corrected chi connectivity index (χ4v) is 2.69. The van der Waals surface area contributed by atoms with Crippen LogP contribution in [-0.4, -0.2) is 64.4 Å². The number of hydrogen-bond donors (Lipinski definition) is 1. The number of benzene rings is 1. The van der Waals surface area contributed by atoms with Gasteiger partial charge >= 0.3 is 5.97 Å². The highest BCUT2D eigenvalue weighted by Gasteiger charge is 2.22. The van der Waals surface area contributed by atoms with Gasteiger partial charge in [0.05, 0.1) is 4.92 Å². The van der Waals surface area contributed by atoms with Crippen LogP contribution >= 0.6 is 0 Å². The van der Waals surface area contributed by atoms with Gasteiger partial charge in [0.2, 0.25) is 0 Å². The number of nitrogens with zero attached hydrogens (tertiary/aromatic N) is 3. The second-order valence-electron chi connectivity index (χ2n) is 5.79. The van der Waals surface area contributed by atoms with Crippen LogP contribution < -0.4 is 0 Å². The summed E-state index contributed by atoms with van der Waals surface area (Å²) in [6, 6.07) is 5.65. The zero-order valence-corrected chi connectivity index (χ0v) is 13.4. The van der Waals surface area contributed by atoms with Gasteiger partial charge in [-0.1, -0.05) is 0 Å². The molecule has 0 aliphatic carbocycles. The summed E-state index contributed by atoms with van der Waals surface area (Å²) in [6.07, 6.45) is 1.69. The number of nitro groups is 1. The first-order chi connectivity index (χ1) is 11.5. The molecule has 0 aromatic heterocycles. The van der Waals surface area contributed by atoms with Gasteiger partial charge in [0.15, 0.2) is 0 Å². The van der Waals surface area contributed by atoms with Gasteiger partial charge in [-0.15, -0.1) is 0 Å². The maximum Gasteiger partial charge on any atom is 0.303 e. The fraction of sp³-hybridized carbons (Fsp3) is 0.500. The summed E-state index contributed by atoms with van der Waals surface area (Å²) in [7, 11) is 0. The standard InChI is InChI=1S/C16H21N3O5/c20-15(21)3-1-2-8-17-9-11-18(12-10-17)16(22)13-4-6-14(7-5-13)19(23)24/h4-7H,1-3,8-12H2,(H,20,21). The molecule has 0 unspecified atom stereocenters. The molecule has 8 heteroatoms. The quantitative estimate of drug-likeness (QED) is 0.461. The van der Waals surface area contributed by atoms with E-state index in [-0.39, 0.29) is 18.0 Å². The third-order valence-electron chi connectivity index (χ3n) is 4.10. The van der Waals surface area contributed by atoms with Crippen LogP contribution in [0.4, 0.5) is 5.69 Å². The normalized spacial score (nSPS) is 15.2. The van der Waals surface area contributed by atoms with Crippen LogP contribution in [0.25, 0.3) is 0 Å². The number of amides is 1. The summed E-state index contributed by atoms with van der Waals surface area (Å²) in [5, 5.41) is 19.2. The summed E-state index contributed by atoms with van der Waals surface area (Å²) in [5.41, 5.74) is 0.424. The van der Waals surface area contributed by atoms with E-state index >= 15 is 0 Å². The molecule has 1 N–H and O–H groups in total. The minimum atomic E-state index is -0.770. The van der Waals surface area contributed by atoms with Gasteiger partial charge in [0.1, 0.15) is 0 Å². The molecule has 1 aromatic carbocycles. The predicted molar refractivity (Wildman–Crippen MR) is 86.9 cm³/mol. The highest BCUT2D eigenvalue weighted by molar-refractivity contribution is 5.94. The van der Waals surface area contributed by atoms with E-state index in [0.29, 0.717) is 25.1 Å². The first-order valence-corrected chi connectivity index (χ1v) is 7.95. The van der Waals surface area contributed by atoms with Gasteiger partial charge in [-0.2, -0.15) is 0 Å². The number of rotatable bonds is 7. The maximum atomic E-state index is 12.4. The van der Waals surface area contributed by atoms with Crippen LogP contribution in [0, 0.1) is 10.1 Å². The molecule has 1 aliphatic heterocycles. The van der Waals surface area contributed by atoms with E-state index in [2.05, 4.69) is 4.90 Å². The highest BCUT2D eigenvalue weighted by Crippen LogP contribution is 2.15. The molecular formula is C16H21N3O5. The van der Waals surface area contributed by atoms with Gasteiger partial charge < -0.3 is 10.0 Å². The maximum absolute atomic E-state index is 12.4. The molecule has 0 spiro atoms. The van der Waals surface area contributed by atoms with E-state index in [9.17, 15) is 19.7 Å². The Morgan fingerprint density at radius 1 is 1.08 bits per heavy atom. The lowest BCUT2D eigenvalue weighted by atomic mass is 10.1. The van der Waals surface area contributed by atoms with Crippen LogP contribution in [0.1, 0.15) is 29.6 Å². The van der Waals surface area contributed by atoms with E-state index in [1.807, 2.05) is 0 Å². The molecule has 1 aromatic rings. The largest absolute Gasteiger partial charge is 0.481 e. The molecule has 8 nitrogen and oxygen atoms in total. The number of piperazine rings is 1. The molecular weight excluding hydrogens is 314 g/mol. The summed E-state index contributed by atoms with van der Waals surface area (Å²) in [4.78, 5) is 37.0. The number of aliphatic carboxylic acids is 1. The van der Waals surface area contributed by atoms with Crippen molar-refractivity contribution in [3.05, 3.63) is 39.9 Å². The van der Waals surface area contributed by atoms with Crippen molar-refractivity contribution in [2.75, 3.05) is 32.7 Å². The highest BCUT2D eigenvalue weighted by atomic mass is 16.6. The number of nitro benzene ring substituents is 1. The molecule has 1 amide bonds. The van der Waals surface area contributed by atoms with Gasteiger partial charge in [0, 0.05) is 50.3 Å². The minimum Gasteiger partial charge on any atom is -0.481 e. The lowest BCUT2D eigenvalue weighted by molar-refractivity contribution is -0.384. The Morgan fingerprint density at radius 3 is 2.25 bits per heavy atom. The molecule has 1 fully saturated rings. The zero-order valence-electron chi connectivity index (χ0n) is 13.4. The van der Waals surface area contributed by atoms with Crippen molar-refractivity contribution in [2.45, 2.75) is 19.3 Å². The Morgan fingerprint density at radius 2 is 1.71 bits per heavy atom. The van der Waals surface area contributed by atoms with Gasteiger partial charge in [-0.25, -0.2) is 0 Å². The second-order valence-corrected chi connectivity index (χ2v) is 5.79. The van der Waals surface area contributed by atoms with E-state index in [1.54, 1.807) is 4.90 Å². The molecule has 0 bridgehead atoms. The number of unbranched alkanes of at least 4 members (excludes halogenated alkanes) is 1. The van der Waals surface area contributed by atoms with Crippen molar-refractivity contribution >= 4 is 17.6 Å². The number of non-ortho nitro benzene ring substituents is 1. The number of carboxylic acid groups (broad SMARTS) is 1. The summed E-state index contributed by atoms with van der Waals surface area (Å²) in [5.74, 6) is -0.885. The second kappa shape index (κ2) is 8.39. The van der Waals surface area contributed by atoms with E-state index < -0.39 is 10.9 Å². The fourth-order valence-electron chi connectivity index (χ4n) is 2.69. The van der Waals surface area contributed by atoms with Crippen molar-refractivity contribution < 1.29 is 19.6 Å². The Balaban J connectivity index is 1.78. The number of hydrogen-bond acceptors (Lipinski definition) is 5. The molecule has 0 saturated carbocycles. The first kappa shape index (κ1) is 17.9. The van der Waals surface area contributed by atoms with Crippen LogP contribution in [0.15, 0.2) is 24.3 Å². The third-order valence-corrected chi connectivity index (χ3v) is 4.10. The molecule has 0 radical (unpaired) electrons. The molecule has 1 aliphatic rings. The van der Waals surface area contributed by atoms with Gasteiger partial charge in [-0.3, -0.25) is 24.6 Å². The monoisotopic (exact) mass is 335 g/mol. The van der Waals surface area contributed by atoms with Gasteiger partial charge in [-0.05, 0) is 31.5 Å². The lowest BCUT2D eigenvalue weighted by Gasteiger charge is -2.34. The molecule has 24 heavy (non-hydrogen) atoms. The first-order valence-electron chi connectivity index (χ1n) is 7.95. The van der Waals surface area contributed by atoms with Crippen molar-refractivity contribution in [1.82, 2.24) is 9.80 Å². The van der Waals surface area contributed by atoms with Crippen LogP contribution in [0.3, 0.4) is 0 Å². The van der Waals surface area contributed by atoms with Crippen molar-refractivity contribution in [3.8, 4) is 0 Å². The Hall–Kier alpha value is -2.48. The van der Waals surface area contributed by atoms with Gasteiger partial charge in [0.25, 0.3) is 11.6 Å². The Labute approximate surface area is 139 Å². The molecule has 1 heterocycles. The average Bonchev–Trinajstić information content (AvgIpc) is 2.58.